The van der Waals surface area contributed by atoms with E-state index in [0.717, 1.165) is 4.88 Å². The first kappa shape index (κ1) is 18.7. The summed E-state index contributed by atoms with van der Waals surface area (Å²) < 4.78 is 10.3. The smallest absolute Gasteiger partial charge is 0.344 e. The molecule has 1 amide bonds. The van der Waals surface area contributed by atoms with Crippen LogP contribution in [0.5, 0.6) is 5.75 Å². The highest BCUT2D eigenvalue weighted by molar-refractivity contribution is 7.09. The van der Waals surface area contributed by atoms with Crippen LogP contribution in [-0.4, -0.2) is 30.4 Å². The molecule has 0 fully saturated rings. The standard InChI is InChI=1S/C18H19NO5S/c1-12(20)14-5-7-15(8-6-14)23-11-17(21)24-13(2)18(22)19-10-16-4-3-9-25-16/h3-9,13H,10-11H2,1-2H3,(H,19,22)/t13-/m1/s1. The van der Waals surface area contributed by atoms with Crippen LogP contribution >= 0.6 is 11.3 Å². The van der Waals surface area contributed by atoms with Crippen LogP contribution in [-0.2, 0) is 20.9 Å². The SMILES string of the molecule is CC(=O)c1ccc(OCC(=O)O[C@H](C)C(=O)NCc2cccs2)cc1. The molecule has 6 nitrogen and oxygen atoms in total. The minimum absolute atomic E-state index is 0.0478. The summed E-state index contributed by atoms with van der Waals surface area (Å²) in [7, 11) is 0. The molecule has 2 rings (SSSR count). The zero-order valence-electron chi connectivity index (χ0n) is 14.0. The highest BCUT2D eigenvalue weighted by Crippen LogP contribution is 2.12. The van der Waals surface area contributed by atoms with Gasteiger partial charge in [-0.2, -0.15) is 0 Å². The Kier molecular flexibility index (Phi) is 6.71. The second kappa shape index (κ2) is 8.98. The monoisotopic (exact) mass is 361 g/mol. The molecule has 1 heterocycles. The van der Waals surface area contributed by atoms with Crippen LogP contribution in [0, 0.1) is 0 Å². The lowest BCUT2D eigenvalue weighted by Crippen LogP contribution is -2.36. The number of carbonyl (C=O) groups excluding carboxylic acids is 3. The summed E-state index contributed by atoms with van der Waals surface area (Å²) in [5.74, 6) is -0.618. The number of ketones is 1. The molecule has 0 aliphatic carbocycles. The fourth-order valence-corrected chi connectivity index (χ4v) is 2.59. The third-order valence-corrected chi connectivity index (χ3v) is 4.19. The maximum Gasteiger partial charge on any atom is 0.344 e. The van der Waals surface area contributed by atoms with E-state index in [2.05, 4.69) is 5.32 Å². The molecule has 0 radical (unpaired) electrons. The van der Waals surface area contributed by atoms with Gasteiger partial charge in [-0.15, -0.1) is 11.3 Å². The molecule has 0 saturated carbocycles. The number of benzene rings is 1. The first-order valence-electron chi connectivity index (χ1n) is 7.69. The molecule has 1 N–H and O–H groups in total. The van der Waals surface area contributed by atoms with Crippen molar-refractivity contribution in [2.45, 2.75) is 26.5 Å². The molecular formula is C18H19NO5S. The predicted molar refractivity (Wildman–Crippen MR) is 93.7 cm³/mol. The van der Waals surface area contributed by atoms with E-state index in [1.54, 1.807) is 24.3 Å². The van der Waals surface area contributed by atoms with E-state index in [4.69, 9.17) is 9.47 Å². The number of hydrogen-bond donors (Lipinski definition) is 1. The summed E-state index contributed by atoms with van der Waals surface area (Å²) in [5.41, 5.74) is 0.561. The summed E-state index contributed by atoms with van der Waals surface area (Å²) in [5, 5.41) is 4.62. The largest absolute Gasteiger partial charge is 0.482 e. The molecule has 2 aromatic rings. The summed E-state index contributed by atoms with van der Waals surface area (Å²) >= 11 is 1.54. The van der Waals surface area contributed by atoms with Crippen molar-refractivity contribution in [2.75, 3.05) is 6.61 Å². The lowest BCUT2D eigenvalue weighted by atomic mass is 10.1. The van der Waals surface area contributed by atoms with Crippen molar-refractivity contribution in [3.63, 3.8) is 0 Å². The molecule has 0 unspecified atom stereocenters. The molecule has 132 valence electrons. The Morgan fingerprint density at radius 2 is 1.88 bits per heavy atom. The molecule has 7 heteroatoms. The number of ether oxygens (including phenoxy) is 2. The van der Waals surface area contributed by atoms with Gasteiger partial charge >= 0.3 is 5.97 Å². The fraction of sp³-hybridized carbons (Fsp3) is 0.278. The van der Waals surface area contributed by atoms with Gasteiger partial charge in [0.25, 0.3) is 5.91 Å². The van der Waals surface area contributed by atoms with E-state index in [0.29, 0.717) is 17.9 Å². The normalized spacial score (nSPS) is 11.4. The Balaban J connectivity index is 1.73. The van der Waals surface area contributed by atoms with E-state index >= 15 is 0 Å². The van der Waals surface area contributed by atoms with Crippen LogP contribution in [0.1, 0.15) is 29.1 Å². The third kappa shape index (κ3) is 6.04. The number of esters is 1. The van der Waals surface area contributed by atoms with Crippen LogP contribution < -0.4 is 10.1 Å². The maximum absolute atomic E-state index is 11.9. The number of nitrogens with one attached hydrogen (secondary N) is 1. The molecule has 0 spiro atoms. The minimum Gasteiger partial charge on any atom is -0.482 e. The second-order valence-corrected chi connectivity index (χ2v) is 6.33. The van der Waals surface area contributed by atoms with Crippen LogP contribution in [0.15, 0.2) is 41.8 Å². The first-order valence-corrected chi connectivity index (χ1v) is 8.57. The number of amides is 1. The summed E-state index contributed by atoms with van der Waals surface area (Å²) in [6.07, 6.45) is -0.906. The molecular weight excluding hydrogens is 342 g/mol. The van der Waals surface area contributed by atoms with Crippen molar-refractivity contribution in [3.05, 3.63) is 52.2 Å². The number of thiophene rings is 1. The Morgan fingerprint density at radius 3 is 2.48 bits per heavy atom. The van der Waals surface area contributed by atoms with Crippen LogP contribution in [0.25, 0.3) is 0 Å². The Bertz CT molecular complexity index is 724. The molecule has 0 aliphatic heterocycles. The summed E-state index contributed by atoms with van der Waals surface area (Å²) in [6, 6.07) is 10.2. The van der Waals surface area contributed by atoms with Gasteiger partial charge in [-0.25, -0.2) is 4.79 Å². The van der Waals surface area contributed by atoms with Crippen molar-refractivity contribution in [1.82, 2.24) is 5.32 Å². The molecule has 25 heavy (non-hydrogen) atoms. The highest BCUT2D eigenvalue weighted by Gasteiger charge is 2.18. The molecule has 0 bridgehead atoms. The predicted octanol–water partition coefficient (Wildman–Crippen LogP) is 2.58. The topological polar surface area (TPSA) is 81.7 Å². The second-order valence-electron chi connectivity index (χ2n) is 5.30. The molecule has 1 atom stereocenters. The zero-order chi connectivity index (χ0) is 18.2. The van der Waals surface area contributed by atoms with Crippen LogP contribution in [0.3, 0.4) is 0 Å². The first-order chi connectivity index (χ1) is 12.0. The van der Waals surface area contributed by atoms with Crippen molar-refractivity contribution in [2.24, 2.45) is 0 Å². The third-order valence-electron chi connectivity index (χ3n) is 3.31. The van der Waals surface area contributed by atoms with Crippen molar-refractivity contribution in [1.29, 1.82) is 0 Å². The van der Waals surface area contributed by atoms with Gasteiger partial charge in [-0.05, 0) is 49.6 Å². The maximum atomic E-state index is 11.9. The molecule has 1 aromatic heterocycles. The fourth-order valence-electron chi connectivity index (χ4n) is 1.94. The van der Waals surface area contributed by atoms with Crippen molar-refractivity contribution < 1.29 is 23.9 Å². The van der Waals surface area contributed by atoms with Crippen LogP contribution in [0.2, 0.25) is 0 Å². The van der Waals surface area contributed by atoms with Gasteiger partial charge in [0.15, 0.2) is 18.5 Å². The van der Waals surface area contributed by atoms with Gasteiger partial charge in [0, 0.05) is 10.4 Å². The lowest BCUT2D eigenvalue weighted by molar-refractivity contribution is -0.156. The number of carbonyl (C=O) groups is 3. The quantitative estimate of drug-likeness (QED) is 0.577. The molecule has 0 saturated heterocycles. The number of rotatable bonds is 8. The zero-order valence-corrected chi connectivity index (χ0v) is 14.8. The van der Waals surface area contributed by atoms with Crippen molar-refractivity contribution in [3.8, 4) is 5.75 Å². The average Bonchev–Trinajstić information content (AvgIpc) is 3.11. The number of hydrogen-bond acceptors (Lipinski definition) is 6. The van der Waals surface area contributed by atoms with Gasteiger partial charge in [-0.3, -0.25) is 9.59 Å². The van der Waals surface area contributed by atoms with E-state index in [-0.39, 0.29) is 18.3 Å². The van der Waals surface area contributed by atoms with E-state index in [9.17, 15) is 14.4 Å². The molecule has 1 aromatic carbocycles. The van der Waals surface area contributed by atoms with Gasteiger partial charge in [0.05, 0.1) is 6.54 Å². The van der Waals surface area contributed by atoms with E-state index in [1.807, 2.05) is 17.5 Å². The van der Waals surface area contributed by atoms with Gasteiger partial charge in [-0.1, -0.05) is 6.07 Å². The summed E-state index contributed by atoms with van der Waals surface area (Å²) in [6.45, 7) is 3.06. The van der Waals surface area contributed by atoms with Gasteiger partial charge < -0.3 is 14.8 Å². The van der Waals surface area contributed by atoms with Gasteiger partial charge in [0.1, 0.15) is 5.75 Å². The Morgan fingerprint density at radius 1 is 1.16 bits per heavy atom. The Labute approximate surface area is 149 Å². The van der Waals surface area contributed by atoms with E-state index in [1.165, 1.54) is 25.2 Å². The minimum atomic E-state index is -0.906. The van der Waals surface area contributed by atoms with Crippen molar-refractivity contribution >= 4 is 29.0 Å². The van der Waals surface area contributed by atoms with E-state index < -0.39 is 12.1 Å². The summed E-state index contributed by atoms with van der Waals surface area (Å²) in [4.78, 5) is 35.9. The molecule has 0 aliphatic rings. The van der Waals surface area contributed by atoms with Crippen LogP contribution in [0.4, 0.5) is 0 Å². The average molecular weight is 361 g/mol. The highest BCUT2D eigenvalue weighted by atomic mass is 32.1. The van der Waals surface area contributed by atoms with Gasteiger partial charge in [0.2, 0.25) is 0 Å². The Hall–Kier alpha value is -2.67. The number of Topliss-reactive ketones (excluding diaryl/α,β-unsaturated/α-hetero) is 1. The lowest BCUT2D eigenvalue weighted by Gasteiger charge is -2.13.